The monoisotopic (exact) mass is 432 g/mol. The van der Waals surface area contributed by atoms with E-state index >= 15 is 0 Å². The van der Waals surface area contributed by atoms with Gasteiger partial charge >= 0.3 is 0 Å². The molecule has 6 nitrogen and oxygen atoms in total. The van der Waals surface area contributed by atoms with Crippen LogP contribution in [0.25, 0.3) is 21.7 Å². The van der Waals surface area contributed by atoms with Crippen molar-refractivity contribution in [2.45, 2.75) is 17.8 Å². The number of nitrogens with one attached hydrogen (secondary N) is 1. The number of thiazole rings is 1. The van der Waals surface area contributed by atoms with Gasteiger partial charge in [0.2, 0.25) is 0 Å². The Morgan fingerprint density at radius 3 is 2.93 bits per heavy atom. The van der Waals surface area contributed by atoms with Gasteiger partial charge in [-0.2, -0.15) is 0 Å². The van der Waals surface area contributed by atoms with Crippen LogP contribution in [0.1, 0.15) is 12.6 Å². The fourth-order valence-corrected chi connectivity index (χ4v) is 4.49. The number of pyridine rings is 1. The standard InChI is InChI=1S/C19H17ClN4O2S2/c1-3-26-15-5-4-11(6-16(15)25-2)18-22-13(9-27-18)10-28-19-23-14-7-12(20)8-21-17(14)24-19/h4-9H,3,10H2,1-2H3,(H,21,23,24). The Morgan fingerprint density at radius 2 is 2.11 bits per heavy atom. The number of rotatable bonds is 7. The molecule has 4 rings (SSSR count). The zero-order chi connectivity index (χ0) is 19.5. The third kappa shape index (κ3) is 4.09. The molecular formula is C19H17ClN4O2S2. The van der Waals surface area contributed by atoms with Crippen LogP contribution in [0.4, 0.5) is 0 Å². The van der Waals surface area contributed by atoms with E-state index in [9.17, 15) is 0 Å². The van der Waals surface area contributed by atoms with Crippen LogP contribution in [0.5, 0.6) is 11.5 Å². The van der Waals surface area contributed by atoms with Gasteiger partial charge in [0, 0.05) is 22.9 Å². The predicted octanol–water partition coefficient (Wildman–Crippen LogP) is 5.43. The lowest BCUT2D eigenvalue weighted by atomic mass is 10.2. The lowest BCUT2D eigenvalue weighted by molar-refractivity contribution is 0.311. The average Bonchev–Trinajstić information content (AvgIpc) is 3.33. The van der Waals surface area contributed by atoms with E-state index in [1.807, 2.05) is 31.2 Å². The second kappa shape index (κ2) is 8.38. The molecule has 0 atom stereocenters. The summed E-state index contributed by atoms with van der Waals surface area (Å²) in [5.41, 5.74) is 3.48. The molecule has 0 unspecified atom stereocenters. The van der Waals surface area contributed by atoms with E-state index in [2.05, 4.69) is 20.3 Å². The number of thioether (sulfide) groups is 1. The van der Waals surface area contributed by atoms with Crippen LogP contribution in [-0.4, -0.2) is 33.7 Å². The Bertz CT molecular complexity index is 1110. The summed E-state index contributed by atoms with van der Waals surface area (Å²) in [6.07, 6.45) is 1.59. The molecule has 0 fully saturated rings. The number of nitrogens with zero attached hydrogens (tertiary/aromatic N) is 3. The van der Waals surface area contributed by atoms with Crippen molar-refractivity contribution >= 4 is 45.9 Å². The third-order valence-corrected chi connectivity index (χ3v) is 5.96. The molecule has 0 aliphatic rings. The lowest BCUT2D eigenvalue weighted by Gasteiger charge is -2.09. The number of fused-ring (bicyclic) bond motifs is 1. The van der Waals surface area contributed by atoms with E-state index in [-0.39, 0.29) is 0 Å². The van der Waals surface area contributed by atoms with Gasteiger partial charge in [0.15, 0.2) is 22.3 Å². The second-order valence-corrected chi connectivity index (χ2v) is 8.06. The van der Waals surface area contributed by atoms with Crippen LogP contribution in [0.3, 0.4) is 0 Å². The molecule has 0 bridgehead atoms. The fourth-order valence-electron chi connectivity index (χ4n) is 2.64. The van der Waals surface area contributed by atoms with Crippen LogP contribution in [0.15, 0.2) is 41.0 Å². The van der Waals surface area contributed by atoms with E-state index < -0.39 is 0 Å². The molecule has 0 aliphatic carbocycles. The van der Waals surface area contributed by atoms with Crippen molar-refractivity contribution in [2.24, 2.45) is 0 Å². The van der Waals surface area contributed by atoms with Crippen LogP contribution in [0, 0.1) is 0 Å². The minimum absolute atomic E-state index is 0.586. The summed E-state index contributed by atoms with van der Waals surface area (Å²) in [6.45, 7) is 2.54. The SMILES string of the molecule is CCOc1ccc(-c2nc(CSc3nc4ncc(Cl)cc4[nH]3)cs2)cc1OC. The summed E-state index contributed by atoms with van der Waals surface area (Å²) in [5, 5.41) is 4.38. The van der Waals surface area contributed by atoms with Gasteiger partial charge in [-0.1, -0.05) is 23.4 Å². The van der Waals surface area contributed by atoms with Crippen LogP contribution in [0.2, 0.25) is 5.02 Å². The van der Waals surface area contributed by atoms with E-state index in [0.29, 0.717) is 28.8 Å². The zero-order valence-electron chi connectivity index (χ0n) is 15.2. The van der Waals surface area contributed by atoms with Gasteiger partial charge in [-0.3, -0.25) is 0 Å². The van der Waals surface area contributed by atoms with Crippen LogP contribution < -0.4 is 9.47 Å². The zero-order valence-corrected chi connectivity index (χ0v) is 17.6. The number of aromatic amines is 1. The highest BCUT2D eigenvalue weighted by Crippen LogP contribution is 2.34. The second-order valence-electron chi connectivity index (χ2n) is 5.80. The lowest BCUT2D eigenvalue weighted by Crippen LogP contribution is -1.95. The highest BCUT2D eigenvalue weighted by molar-refractivity contribution is 7.98. The minimum Gasteiger partial charge on any atom is -0.493 e. The Morgan fingerprint density at radius 1 is 1.21 bits per heavy atom. The molecule has 28 heavy (non-hydrogen) atoms. The molecular weight excluding hydrogens is 416 g/mol. The normalized spacial score (nSPS) is 11.1. The van der Waals surface area contributed by atoms with Crippen LogP contribution >= 0.6 is 34.7 Å². The first-order valence-corrected chi connectivity index (χ1v) is 10.8. The largest absolute Gasteiger partial charge is 0.493 e. The van der Waals surface area contributed by atoms with Crippen molar-refractivity contribution in [3.63, 3.8) is 0 Å². The molecule has 0 amide bonds. The van der Waals surface area contributed by atoms with Gasteiger partial charge in [-0.15, -0.1) is 11.3 Å². The van der Waals surface area contributed by atoms with E-state index in [4.69, 9.17) is 26.1 Å². The van der Waals surface area contributed by atoms with Gasteiger partial charge in [-0.25, -0.2) is 15.0 Å². The third-order valence-electron chi connectivity index (χ3n) is 3.90. The maximum absolute atomic E-state index is 5.97. The van der Waals surface area contributed by atoms with Gasteiger partial charge in [0.25, 0.3) is 0 Å². The molecule has 9 heteroatoms. The van der Waals surface area contributed by atoms with E-state index in [0.717, 1.165) is 32.7 Å². The molecule has 4 aromatic rings. The molecule has 1 aromatic carbocycles. The van der Waals surface area contributed by atoms with Gasteiger partial charge in [0.05, 0.1) is 29.9 Å². The summed E-state index contributed by atoms with van der Waals surface area (Å²) < 4.78 is 11.0. The molecule has 0 spiro atoms. The summed E-state index contributed by atoms with van der Waals surface area (Å²) in [7, 11) is 1.64. The van der Waals surface area contributed by atoms with Crippen molar-refractivity contribution in [2.75, 3.05) is 13.7 Å². The number of hydrogen-bond donors (Lipinski definition) is 1. The number of imidazole rings is 1. The summed E-state index contributed by atoms with van der Waals surface area (Å²) in [4.78, 5) is 16.6. The maximum Gasteiger partial charge on any atom is 0.178 e. The van der Waals surface area contributed by atoms with Crippen molar-refractivity contribution in [1.82, 2.24) is 19.9 Å². The highest BCUT2D eigenvalue weighted by atomic mass is 35.5. The predicted molar refractivity (Wildman–Crippen MR) is 114 cm³/mol. The van der Waals surface area contributed by atoms with Gasteiger partial charge in [-0.05, 0) is 31.2 Å². The number of benzene rings is 1. The quantitative estimate of drug-likeness (QED) is 0.392. The molecule has 3 aromatic heterocycles. The smallest absolute Gasteiger partial charge is 0.178 e. The van der Waals surface area contributed by atoms with Crippen LogP contribution in [-0.2, 0) is 5.75 Å². The number of methoxy groups -OCH3 is 1. The minimum atomic E-state index is 0.586. The first-order chi connectivity index (χ1) is 13.7. The topological polar surface area (TPSA) is 72.9 Å². The molecule has 0 saturated heterocycles. The Hall–Kier alpha value is -2.29. The summed E-state index contributed by atoms with van der Waals surface area (Å²) in [5.74, 6) is 2.15. The average molecular weight is 433 g/mol. The number of H-pyrrole nitrogens is 1. The first kappa shape index (κ1) is 19.0. The molecule has 0 saturated carbocycles. The van der Waals surface area contributed by atoms with Gasteiger partial charge < -0.3 is 14.5 Å². The molecule has 0 radical (unpaired) electrons. The van der Waals surface area contributed by atoms with E-state index in [1.165, 1.54) is 0 Å². The van der Waals surface area contributed by atoms with Gasteiger partial charge in [0.1, 0.15) is 5.01 Å². The first-order valence-electron chi connectivity index (χ1n) is 8.56. The molecule has 1 N–H and O–H groups in total. The Kier molecular flexibility index (Phi) is 5.70. The molecule has 3 heterocycles. The number of hydrogen-bond acceptors (Lipinski definition) is 7. The summed E-state index contributed by atoms with van der Waals surface area (Å²) in [6, 6.07) is 7.69. The van der Waals surface area contributed by atoms with Crippen molar-refractivity contribution in [3.05, 3.63) is 46.6 Å². The number of aromatic nitrogens is 4. The van der Waals surface area contributed by atoms with E-state index in [1.54, 1.807) is 36.4 Å². The number of halogens is 1. The Balaban J connectivity index is 1.48. The molecule has 0 aliphatic heterocycles. The van der Waals surface area contributed by atoms with Crippen molar-refractivity contribution in [1.29, 1.82) is 0 Å². The van der Waals surface area contributed by atoms with Crippen molar-refractivity contribution < 1.29 is 9.47 Å². The highest BCUT2D eigenvalue weighted by Gasteiger charge is 2.11. The maximum atomic E-state index is 5.97. The Labute approximate surface area is 175 Å². The molecule has 144 valence electrons. The fraction of sp³-hybridized carbons (Fsp3) is 0.211. The number of ether oxygens (including phenoxy) is 2. The van der Waals surface area contributed by atoms with Crippen molar-refractivity contribution in [3.8, 4) is 22.1 Å². The summed E-state index contributed by atoms with van der Waals surface area (Å²) >= 11 is 9.15.